The highest BCUT2D eigenvalue weighted by Gasteiger charge is 2.32. The molecular weight excluding hydrogens is 366 g/mol. The van der Waals surface area contributed by atoms with Crippen LogP contribution in [-0.4, -0.2) is 18.9 Å². The van der Waals surface area contributed by atoms with Crippen LogP contribution in [0.25, 0.3) is 0 Å². The van der Waals surface area contributed by atoms with Gasteiger partial charge < -0.3 is 15.8 Å². The molecule has 9 heteroatoms. The van der Waals surface area contributed by atoms with Crippen molar-refractivity contribution in [1.82, 2.24) is 5.32 Å². The summed E-state index contributed by atoms with van der Waals surface area (Å²) in [4.78, 5) is 12.3. The van der Waals surface area contributed by atoms with Crippen LogP contribution in [0.1, 0.15) is 28.4 Å². The predicted octanol–water partition coefficient (Wildman–Crippen LogP) is 3.13. The van der Waals surface area contributed by atoms with Gasteiger partial charge in [0.05, 0.1) is 5.56 Å². The van der Waals surface area contributed by atoms with Crippen LogP contribution in [0.4, 0.5) is 17.6 Å². The van der Waals surface area contributed by atoms with Crippen LogP contribution in [0, 0.1) is 11.2 Å². The molecule has 27 heavy (non-hydrogen) atoms. The van der Waals surface area contributed by atoms with Crippen molar-refractivity contribution in [2.24, 2.45) is 5.73 Å². The molecule has 2 aromatic rings. The Morgan fingerprint density at radius 1 is 1.22 bits per heavy atom. The SMILES string of the molecule is CO[C@H](C(=O)NCc1ccc(C(=N)N)cc1)c1ccc(C(F)(F)F)cc1F. The molecule has 0 heterocycles. The number of amides is 1. The number of nitrogens with one attached hydrogen (secondary N) is 2. The molecule has 0 fully saturated rings. The van der Waals surface area contributed by atoms with E-state index in [2.05, 4.69) is 5.32 Å². The van der Waals surface area contributed by atoms with Crippen molar-refractivity contribution in [3.8, 4) is 0 Å². The molecule has 0 aliphatic rings. The average molecular weight is 383 g/mol. The number of carbonyl (C=O) groups is 1. The van der Waals surface area contributed by atoms with Crippen LogP contribution in [-0.2, 0) is 22.3 Å². The third-order valence-electron chi connectivity index (χ3n) is 3.82. The van der Waals surface area contributed by atoms with Crippen molar-refractivity contribution < 1.29 is 27.1 Å². The van der Waals surface area contributed by atoms with Gasteiger partial charge in [0.25, 0.3) is 5.91 Å². The molecule has 2 aromatic carbocycles. The third kappa shape index (κ3) is 5.04. The van der Waals surface area contributed by atoms with Crippen molar-refractivity contribution in [1.29, 1.82) is 5.41 Å². The smallest absolute Gasteiger partial charge is 0.384 e. The van der Waals surface area contributed by atoms with E-state index in [0.29, 0.717) is 23.3 Å². The Bertz CT molecular complexity index is 835. The summed E-state index contributed by atoms with van der Waals surface area (Å²) in [7, 11) is 1.16. The summed E-state index contributed by atoms with van der Waals surface area (Å²) in [6.45, 7) is 0.0825. The Morgan fingerprint density at radius 3 is 2.33 bits per heavy atom. The fourth-order valence-electron chi connectivity index (χ4n) is 2.38. The quantitative estimate of drug-likeness (QED) is 0.407. The van der Waals surface area contributed by atoms with E-state index in [1.54, 1.807) is 24.3 Å². The fourth-order valence-corrected chi connectivity index (χ4v) is 2.38. The standard InChI is InChI=1S/C18H17F4N3O2/c1-27-15(13-7-6-12(8-14(13)19)18(20,21)22)17(26)25-9-10-2-4-11(5-3-10)16(23)24/h2-8,15H,9H2,1H3,(H3,23,24)(H,25,26)/t15-/m0/s1. The molecule has 0 bridgehead atoms. The van der Waals surface area contributed by atoms with Crippen LogP contribution in [0.3, 0.4) is 0 Å². The molecular formula is C18H17F4N3O2. The molecule has 0 radical (unpaired) electrons. The molecule has 5 nitrogen and oxygen atoms in total. The lowest BCUT2D eigenvalue weighted by Gasteiger charge is -2.17. The van der Waals surface area contributed by atoms with Gasteiger partial charge in [0.2, 0.25) is 0 Å². The Hall–Kier alpha value is -2.94. The summed E-state index contributed by atoms with van der Waals surface area (Å²) in [6.07, 6.45) is -6.08. The van der Waals surface area contributed by atoms with Gasteiger partial charge in [0.1, 0.15) is 11.7 Å². The minimum atomic E-state index is -4.68. The minimum absolute atomic E-state index is 0.0825. The van der Waals surface area contributed by atoms with E-state index in [0.717, 1.165) is 13.2 Å². The van der Waals surface area contributed by atoms with Gasteiger partial charge in [-0.05, 0) is 17.7 Å². The second kappa shape index (κ2) is 8.17. The number of hydrogen-bond acceptors (Lipinski definition) is 3. The molecule has 1 atom stereocenters. The average Bonchev–Trinajstić information content (AvgIpc) is 2.61. The first kappa shape index (κ1) is 20.4. The molecule has 0 saturated carbocycles. The molecule has 0 aliphatic heterocycles. The number of nitrogens with two attached hydrogens (primary N) is 1. The maximum atomic E-state index is 14.1. The molecule has 0 unspecified atom stereocenters. The summed E-state index contributed by atoms with van der Waals surface area (Å²) in [5, 5.41) is 9.84. The molecule has 4 N–H and O–H groups in total. The molecule has 0 saturated heterocycles. The van der Waals surface area contributed by atoms with Crippen molar-refractivity contribution in [3.63, 3.8) is 0 Å². The molecule has 1 amide bonds. The van der Waals surface area contributed by atoms with E-state index in [4.69, 9.17) is 15.9 Å². The van der Waals surface area contributed by atoms with Crippen molar-refractivity contribution in [3.05, 3.63) is 70.5 Å². The number of halogens is 4. The number of methoxy groups -OCH3 is 1. The van der Waals surface area contributed by atoms with E-state index in [9.17, 15) is 22.4 Å². The zero-order valence-electron chi connectivity index (χ0n) is 14.2. The largest absolute Gasteiger partial charge is 0.416 e. The highest BCUT2D eigenvalue weighted by atomic mass is 19.4. The summed E-state index contributed by atoms with van der Waals surface area (Å²) in [5.74, 6) is -1.98. The summed E-state index contributed by atoms with van der Waals surface area (Å²) >= 11 is 0. The minimum Gasteiger partial charge on any atom is -0.384 e. The Labute approximate surface area is 152 Å². The zero-order valence-corrected chi connectivity index (χ0v) is 14.2. The molecule has 0 spiro atoms. The van der Waals surface area contributed by atoms with Crippen molar-refractivity contribution in [2.75, 3.05) is 7.11 Å². The highest BCUT2D eigenvalue weighted by molar-refractivity contribution is 5.94. The predicted molar refractivity (Wildman–Crippen MR) is 90.5 cm³/mol. The van der Waals surface area contributed by atoms with Gasteiger partial charge in [-0.15, -0.1) is 0 Å². The Kier molecular flexibility index (Phi) is 6.17. The maximum absolute atomic E-state index is 14.1. The molecule has 2 rings (SSSR count). The summed E-state index contributed by atoms with van der Waals surface area (Å²) in [6, 6.07) is 8.41. The maximum Gasteiger partial charge on any atom is 0.416 e. The zero-order chi connectivity index (χ0) is 20.2. The van der Waals surface area contributed by atoms with E-state index < -0.39 is 29.6 Å². The molecule has 0 aliphatic carbocycles. The Morgan fingerprint density at radius 2 is 1.85 bits per heavy atom. The van der Waals surface area contributed by atoms with E-state index in [1.807, 2.05) is 0 Å². The molecule has 0 aromatic heterocycles. The number of rotatable bonds is 6. The Balaban J connectivity index is 2.10. The lowest BCUT2D eigenvalue weighted by atomic mass is 10.0. The first-order valence-electron chi connectivity index (χ1n) is 7.74. The van der Waals surface area contributed by atoms with Gasteiger partial charge >= 0.3 is 6.18 Å². The monoisotopic (exact) mass is 383 g/mol. The van der Waals surface area contributed by atoms with Gasteiger partial charge in [-0.2, -0.15) is 13.2 Å². The highest BCUT2D eigenvalue weighted by Crippen LogP contribution is 2.32. The second-order valence-corrected chi connectivity index (χ2v) is 5.68. The summed E-state index contributed by atoms with van der Waals surface area (Å²) in [5.41, 5.74) is 5.12. The van der Waals surface area contributed by atoms with Crippen LogP contribution in [0.15, 0.2) is 42.5 Å². The second-order valence-electron chi connectivity index (χ2n) is 5.68. The van der Waals surface area contributed by atoms with Crippen LogP contribution < -0.4 is 11.1 Å². The number of hydrogen-bond donors (Lipinski definition) is 3. The van der Waals surface area contributed by atoms with Crippen molar-refractivity contribution >= 4 is 11.7 Å². The molecule has 144 valence electrons. The third-order valence-corrected chi connectivity index (χ3v) is 3.82. The van der Waals surface area contributed by atoms with Gasteiger partial charge in [-0.3, -0.25) is 10.2 Å². The van der Waals surface area contributed by atoms with E-state index in [1.165, 1.54) is 0 Å². The van der Waals surface area contributed by atoms with Crippen LogP contribution in [0.2, 0.25) is 0 Å². The normalized spacial score (nSPS) is 12.5. The number of ether oxygens (including phenoxy) is 1. The van der Waals surface area contributed by atoms with Gasteiger partial charge in [0.15, 0.2) is 6.10 Å². The van der Waals surface area contributed by atoms with E-state index >= 15 is 0 Å². The number of benzene rings is 2. The van der Waals surface area contributed by atoms with Crippen molar-refractivity contribution in [2.45, 2.75) is 18.8 Å². The first-order chi connectivity index (χ1) is 12.6. The topological polar surface area (TPSA) is 88.2 Å². The van der Waals surface area contributed by atoms with Gasteiger partial charge in [-0.1, -0.05) is 30.3 Å². The van der Waals surface area contributed by atoms with E-state index in [-0.39, 0.29) is 17.9 Å². The lowest BCUT2D eigenvalue weighted by Crippen LogP contribution is -2.30. The van der Waals surface area contributed by atoms with Gasteiger partial charge in [-0.25, -0.2) is 4.39 Å². The van der Waals surface area contributed by atoms with Crippen LogP contribution in [0.5, 0.6) is 0 Å². The van der Waals surface area contributed by atoms with Crippen LogP contribution >= 0.6 is 0 Å². The summed E-state index contributed by atoms with van der Waals surface area (Å²) < 4.78 is 56.9. The number of carbonyl (C=O) groups excluding carboxylic acids is 1. The number of alkyl halides is 3. The number of nitrogen functional groups attached to an aromatic ring is 1. The first-order valence-corrected chi connectivity index (χ1v) is 7.74. The lowest BCUT2D eigenvalue weighted by molar-refractivity contribution is -0.137. The van der Waals surface area contributed by atoms with Gasteiger partial charge in [0, 0.05) is 24.8 Å². The fraction of sp³-hybridized carbons (Fsp3) is 0.222. The number of amidine groups is 1.